The van der Waals surface area contributed by atoms with Crippen LogP contribution in [0.4, 0.5) is 0 Å². The molecule has 106 valence electrons. The molecule has 0 unspecified atom stereocenters. The molecule has 4 nitrogen and oxygen atoms in total. The van der Waals surface area contributed by atoms with E-state index < -0.39 is 0 Å². The van der Waals surface area contributed by atoms with Crippen LogP contribution in [0.5, 0.6) is 0 Å². The Morgan fingerprint density at radius 1 is 1.25 bits per heavy atom. The first-order valence-electron chi connectivity index (χ1n) is 6.63. The highest BCUT2D eigenvalue weighted by atomic mass is 16.3. The number of hydrogen-bond acceptors (Lipinski definition) is 3. The fourth-order valence-corrected chi connectivity index (χ4v) is 1.70. The summed E-state index contributed by atoms with van der Waals surface area (Å²) in [7, 11) is 0. The number of carbonyl (C=O) groups is 1. The molecule has 0 radical (unpaired) electrons. The Bertz CT molecular complexity index is 695. The summed E-state index contributed by atoms with van der Waals surface area (Å²) in [5, 5.41) is 3.34. The van der Waals surface area contributed by atoms with Crippen molar-refractivity contribution in [1.29, 1.82) is 0 Å². The first-order chi connectivity index (χ1) is 9.29. The number of benzene rings is 1. The topological polar surface area (TPSA) is 59.3 Å². The van der Waals surface area contributed by atoms with Gasteiger partial charge in [-0.15, -0.1) is 0 Å². The van der Waals surface area contributed by atoms with E-state index in [9.17, 15) is 9.59 Å². The van der Waals surface area contributed by atoms with Crippen molar-refractivity contribution in [3.05, 3.63) is 46.3 Å². The molecule has 2 rings (SSSR count). The van der Waals surface area contributed by atoms with Crippen molar-refractivity contribution in [2.24, 2.45) is 5.41 Å². The van der Waals surface area contributed by atoms with Crippen molar-refractivity contribution >= 4 is 16.9 Å². The zero-order valence-electron chi connectivity index (χ0n) is 12.2. The standard InChI is InChI=1S/C16H19NO3/c1-10(16(2,3)4)17-15(19)14-9-12(18)11-7-5-6-8-13(11)20-14/h5-10H,1-4H3,(H,17,19)/t10-/m1/s1. The maximum atomic E-state index is 12.2. The summed E-state index contributed by atoms with van der Waals surface area (Å²) >= 11 is 0. The van der Waals surface area contributed by atoms with E-state index in [0.29, 0.717) is 11.0 Å². The van der Waals surface area contributed by atoms with Gasteiger partial charge in [0.15, 0.2) is 11.2 Å². The lowest BCUT2D eigenvalue weighted by molar-refractivity contribution is 0.0882. The van der Waals surface area contributed by atoms with E-state index >= 15 is 0 Å². The van der Waals surface area contributed by atoms with Gasteiger partial charge in [0.05, 0.1) is 5.39 Å². The van der Waals surface area contributed by atoms with Gasteiger partial charge in [0.25, 0.3) is 5.91 Å². The molecule has 0 bridgehead atoms. The van der Waals surface area contributed by atoms with Crippen LogP contribution in [0.25, 0.3) is 11.0 Å². The average molecular weight is 273 g/mol. The molecule has 4 heteroatoms. The fourth-order valence-electron chi connectivity index (χ4n) is 1.70. The number of hydrogen-bond donors (Lipinski definition) is 1. The Morgan fingerprint density at radius 3 is 2.55 bits per heavy atom. The molecular weight excluding hydrogens is 254 g/mol. The summed E-state index contributed by atoms with van der Waals surface area (Å²) < 4.78 is 5.51. The SMILES string of the molecule is C[C@@H](NC(=O)c1cc(=O)c2ccccc2o1)C(C)(C)C. The molecule has 1 heterocycles. The number of rotatable bonds is 2. The highest BCUT2D eigenvalue weighted by Gasteiger charge is 2.23. The minimum absolute atomic E-state index is 0.0354. The predicted octanol–water partition coefficient (Wildman–Crippen LogP) is 2.96. The van der Waals surface area contributed by atoms with Crippen molar-refractivity contribution in [1.82, 2.24) is 5.32 Å². The lowest BCUT2D eigenvalue weighted by atomic mass is 9.88. The van der Waals surface area contributed by atoms with Crippen LogP contribution in [0.3, 0.4) is 0 Å². The van der Waals surface area contributed by atoms with Crippen molar-refractivity contribution in [3.63, 3.8) is 0 Å². The van der Waals surface area contributed by atoms with Gasteiger partial charge >= 0.3 is 0 Å². The molecule has 20 heavy (non-hydrogen) atoms. The Balaban J connectivity index is 2.34. The number of para-hydroxylation sites is 1. The summed E-state index contributed by atoms with van der Waals surface area (Å²) in [4.78, 5) is 24.1. The molecule has 0 spiro atoms. The normalized spacial score (nSPS) is 13.2. The van der Waals surface area contributed by atoms with E-state index in [1.54, 1.807) is 24.3 Å². The second kappa shape index (κ2) is 5.12. The monoisotopic (exact) mass is 273 g/mol. The number of carbonyl (C=O) groups excluding carboxylic acids is 1. The van der Waals surface area contributed by atoms with Crippen molar-refractivity contribution < 1.29 is 9.21 Å². The van der Waals surface area contributed by atoms with E-state index in [1.807, 2.05) is 27.7 Å². The Hall–Kier alpha value is -2.10. The second-order valence-corrected chi connectivity index (χ2v) is 6.03. The van der Waals surface area contributed by atoms with Crippen LogP contribution in [-0.4, -0.2) is 11.9 Å². The van der Waals surface area contributed by atoms with E-state index in [1.165, 1.54) is 6.07 Å². The van der Waals surface area contributed by atoms with Crippen LogP contribution >= 0.6 is 0 Å². The summed E-state index contributed by atoms with van der Waals surface area (Å²) in [6.07, 6.45) is 0. The van der Waals surface area contributed by atoms with Crippen molar-refractivity contribution in [3.8, 4) is 0 Å². The molecule has 0 saturated heterocycles. The molecule has 0 saturated carbocycles. The predicted molar refractivity (Wildman–Crippen MR) is 78.9 cm³/mol. The maximum Gasteiger partial charge on any atom is 0.287 e. The number of nitrogens with one attached hydrogen (secondary N) is 1. The number of fused-ring (bicyclic) bond motifs is 1. The van der Waals surface area contributed by atoms with Crippen molar-refractivity contribution in [2.45, 2.75) is 33.7 Å². The largest absolute Gasteiger partial charge is 0.451 e. The summed E-state index contributed by atoms with van der Waals surface area (Å²) in [6, 6.07) is 8.10. The van der Waals surface area contributed by atoms with Crippen LogP contribution in [0, 0.1) is 5.41 Å². The third-order valence-electron chi connectivity index (χ3n) is 3.51. The van der Waals surface area contributed by atoms with Gasteiger partial charge in [-0.2, -0.15) is 0 Å². The van der Waals surface area contributed by atoms with Crippen LogP contribution in [0.15, 0.2) is 39.5 Å². The maximum absolute atomic E-state index is 12.2. The highest BCUT2D eigenvalue weighted by molar-refractivity contribution is 5.93. The minimum atomic E-state index is -0.365. The molecule has 1 aromatic carbocycles. The number of amides is 1. The minimum Gasteiger partial charge on any atom is -0.451 e. The summed E-state index contributed by atoms with van der Waals surface area (Å²) in [5.41, 5.74) is 0.154. The van der Waals surface area contributed by atoms with Gasteiger partial charge in [-0.1, -0.05) is 32.9 Å². The van der Waals surface area contributed by atoms with Crippen LogP contribution in [-0.2, 0) is 0 Å². The molecule has 1 amide bonds. The molecule has 1 aromatic heterocycles. The zero-order chi connectivity index (χ0) is 14.9. The molecule has 1 N–H and O–H groups in total. The molecule has 0 aliphatic rings. The van der Waals surface area contributed by atoms with Gasteiger partial charge in [0.1, 0.15) is 5.58 Å². The molecule has 1 atom stereocenters. The van der Waals surface area contributed by atoms with Crippen LogP contribution in [0.1, 0.15) is 38.2 Å². The molecule has 0 aliphatic heterocycles. The Labute approximate surface area is 117 Å². The third kappa shape index (κ3) is 2.90. The van der Waals surface area contributed by atoms with Gasteiger partial charge in [-0.05, 0) is 24.5 Å². The third-order valence-corrected chi connectivity index (χ3v) is 3.51. The van der Waals surface area contributed by atoms with Gasteiger partial charge in [0.2, 0.25) is 0 Å². The second-order valence-electron chi connectivity index (χ2n) is 6.03. The Kier molecular flexibility index (Phi) is 3.66. The van der Waals surface area contributed by atoms with Crippen LogP contribution in [0.2, 0.25) is 0 Å². The first-order valence-corrected chi connectivity index (χ1v) is 6.63. The van der Waals surface area contributed by atoms with E-state index in [4.69, 9.17) is 4.42 Å². The van der Waals surface area contributed by atoms with Gasteiger partial charge in [0, 0.05) is 12.1 Å². The quantitative estimate of drug-likeness (QED) is 0.915. The van der Waals surface area contributed by atoms with Gasteiger partial charge in [-0.25, -0.2) is 0 Å². The molecular formula is C16H19NO3. The molecule has 2 aromatic rings. The summed E-state index contributed by atoms with van der Waals surface area (Å²) in [5.74, 6) is -0.319. The van der Waals surface area contributed by atoms with Crippen molar-refractivity contribution in [2.75, 3.05) is 0 Å². The first kappa shape index (κ1) is 14.3. The molecule has 0 aliphatic carbocycles. The van der Waals surface area contributed by atoms with Gasteiger partial charge in [-0.3, -0.25) is 9.59 Å². The van der Waals surface area contributed by atoms with E-state index in [0.717, 1.165) is 0 Å². The lowest BCUT2D eigenvalue weighted by Crippen LogP contribution is -2.41. The zero-order valence-corrected chi connectivity index (χ0v) is 12.2. The average Bonchev–Trinajstić information content (AvgIpc) is 2.37. The Morgan fingerprint density at radius 2 is 1.90 bits per heavy atom. The van der Waals surface area contributed by atoms with Crippen LogP contribution < -0.4 is 10.7 Å². The fraction of sp³-hybridized carbons (Fsp3) is 0.375. The lowest BCUT2D eigenvalue weighted by Gasteiger charge is -2.27. The van der Waals surface area contributed by atoms with E-state index in [-0.39, 0.29) is 28.6 Å². The molecule has 0 fully saturated rings. The van der Waals surface area contributed by atoms with E-state index in [2.05, 4.69) is 5.32 Å². The highest BCUT2D eigenvalue weighted by Crippen LogP contribution is 2.19. The summed E-state index contributed by atoms with van der Waals surface area (Å²) in [6.45, 7) is 8.04. The van der Waals surface area contributed by atoms with Gasteiger partial charge < -0.3 is 9.73 Å². The smallest absolute Gasteiger partial charge is 0.287 e.